The van der Waals surface area contributed by atoms with E-state index in [9.17, 15) is 18.0 Å². The van der Waals surface area contributed by atoms with Crippen LogP contribution in [0.4, 0.5) is 18.9 Å². The molecule has 1 amide bonds. The van der Waals surface area contributed by atoms with Gasteiger partial charge in [0.1, 0.15) is 5.52 Å². The summed E-state index contributed by atoms with van der Waals surface area (Å²) >= 11 is 0. The molecule has 0 bridgehead atoms. The predicted octanol–water partition coefficient (Wildman–Crippen LogP) is 5.06. The number of carbonyl (C=O) groups is 1. The summed E-state index contributed by atoms with van der Waals surface area (Å²) in [5.74, 6) is -0.524. The highest BCUT2D eigenvalue weighted by atomic mass is 19.4. The van der Waals surface area contributed by atoms with Crippen molar-refractivity contribution in [2.45, 2.75) is 19.6 Å². The molecule has 0 aliphatic carbocycles. The number of nitrogens with one attached hydrogen (secondary N) is 1. The van der Waals surface area contributed by atoms with Crippen LogP contribution >= 0.6 is 0 Å². The number of hydrogen-bond acceptors (Lipinski definition) is 3. The molecule has 4 rings (SSSR count). The van der Waals surface area contributed by atoms with Crippen LogP contribution in [0.25, 0.3) is 11.0 Å². The van der Waals surface area contributed by atoms with Gasteiger partial charge in [-0.3, -0.25) is 4.79 Å². The number of alkyl halides is 3. The topological polar surface area (TPSA) is 59.8 Å². The van der Waals surface area contributed by atoms with Crippen molar-refractivity contribution < 1.29 is 18.0 Å². The number of aryl methyl sites for hydroxylation is 1. The molecule has 4 aromatic rings. The summed E-state index contributed by atoms with van der Waals surface area (Å²) < 4.78 is 40.3. The summed E-state index contributed by atoms with van der Waals surface area (Å²) in [6.07, 6.45) is -4.48. The molecule has 1 N–H and O–H groups in total. The molecule has 0 radical (unpaired) electrons. The van der Waals surface area contributed by atoms with Crippen LogP contribution in [0.2, 0.25) is 0 Å². The van der Waals surface area contributed by atoms with E-state index < -0.39 is 17.6 Å². The van der Waals surface area contributed by atoms with Crippen LogP contribution in [0, 0.1) is 6.92 Å². The van der Waals surface area contributed by atoms with Crippen LogP contribution in [0.1, 0.15) is 27.0 Å². The van der Waals surface area contributed by atoms with Crippen LogP contribution in [0.3, 0.4) is 0 Å². The van der Waals surface area contributed by atoms with E-state index in [1.165, 1.54) is 17.7 Å². The molecule has 30 heavy (non-hydrogen) atoms. The number of anilines is 1. The van der Waals surface area contributed by atoms with Crippen molar-refractivity contribution in [3.63, 3.8) is 0 Å². The van der Waals surface area contributed by atoms with Crippen LogP contribution in [-0.2, 0) is 12.7 Å². The van der Waals surface area contributed by atoms with E-state index in [0.717, 1.165) is 23.2 Å². The molecular formula is C22H17F3N4O. The zero-order chi connectivity index (χ0) is 21.3. The minimum atomic E-state index is -4.48. The molecule has 5 nitrogen and oxygen atoms in total. The van der Waals surface area contributed by atoms with Gasteiger partial charge in [0, 0.05) is 11.3 Å². The van der Waals surface area contributed by atoms with E-state index in [0.29, 0.717) is 12.1 Å². The maximum atomic E-state index is 12.9. The second-order valence-electron chi connectivity index (χ2n) is 6.97. The van der Waals surface area contributed by atoms with Crippen molar-refractivity contribution in [3.8, 4) is 0 Å². The summed E-state index contributed by atoms with van der Waals surface area (Å²) in [6, 6.07) is 17.5. The smallest absolute Gasteiger partial charge is 0.322 e. The van der Waals surface area contributed by atoms with Gasteiger partial charge in [-0.15, -0.1) is 5.10 Å². The third-order valence-corrected chi connectivity index (χ3v) is 4.68. The Kier molecular flexibility index (Phi) is 4.99. The summed E-state index contributed by atoms with van der Waals surface area (Å²) in [7, 11) is 0. The van der Waals surface area contributed by atoms with Gasteiger partial charge in [-0.25, -0.2) is 4.68 Å². The molecule has 8 heteroatoms. The number of halogens is 3. The van der Waals surface area contributed by atoms with Crippen LogP contribution in [0.15, 0.2) is 66.7 Å². The Morgan fingerprint density at radius 3 is 2.53 bits per heavy atom. The lowest BCUT2D eigenvalue weighted by atomic mass is 10.1. The second kappa shape index (κ2) is 7.62. The van der Waals surface area contributed by atoms with Crippen molar-refractivity contribution in [3.05, 3.63) is 89.0 Å². The Balaban J connectivity index is 1.54. The number of fused-ring (bicyclic) bond motifs is 1. The fourth-order valence-electron chi connectivity index (χ4n) is 3.07. The number of rotatable bonds is 4. The third kappa shape index (κ3) is 4.17. The second-order valence-corrected chi connectivity index (χ2v) is 6.97. The summed E-state index contributed by atoms with van der Waals surface area (Å²) in [6.45, 7) is 2.55. The number of carbonyl (C=O) groups excluding carboxylic acids is 1. The van der Waals surface area contributed by atoms with E-state index in [2.05, 4.69) is 15.6 Å². The fourth-order valence-corrected chi connectivity index (χ4v) is 3.07. The van der Waals surface area contributed by atoms with Gasteiger partial charge in [-0.1, -0.05) is 41.1 Å². The van der Waals surface area contributed by atoms with Crippen LogP contribution in [-0.4, -0.2) is 20.9 Å². The Hall–Kier alpha value is -3.68. The highest BCUT2D eigenvalue weighted by Crippen LogP contribution is 2.30. The van der Waals surface area contributed by atoms with Crippen molar-refractivity contribution >= 4 is 22.6 Å². The maximum absolute atomic E-state index is 12.9. The van der Waals surface area contributed by atoms with Gasteiger partial charge < -0.3 is 5.32 Å². The molecular weight excluding hydrogens is 393 g/mol. The van der Waals surface area contributed by atoms with Crippen molar-refractivity contribution in [2.75, 3.05) is 5.32 Å². The largest absolute Gasteiger partial charge is 0.416 e. The maximum Gasteiger partial charge on any atom is 0.416 e. The van der Waals surface area contributed by atoms with Crippen LogP contribution in [0.5, 0.6) is 0 Å². The highest BCUT2D eigenvalue weighted by molar-refractivity contribution is 6.05. The van der Waals surface area contributed by atoms with Crippen LogP contribution < -0.4 is 5.32 Å². The highest BCUT2D eigenvalue weighted by Gasteiger charge is 2.30. The Morgan fingerprint density at radius 1 is 1.03 bits per heavy atom. The lowest BCUT2D eigenvalue weighted by molar-refractivity contribution is -0.137. The summed E-state index contributed by atoms with van der Waals surface area (Å²) in [4.78, 5) is 12.5. The SMILES string of the molecule is Cc1ccc(Cn2nnc3cc(C(=O)Nc4cccc(C(F)(F)F)c4)ccc32)cc1. The van der Waals surface area contributed by atoms with Crippen molar-refractivity contribution in [1.29, 1.82) is 0 Å². The normalized spacial score (nSPS) is 11.6. The Bertz CT molecular complexity index is 1210. The monoisotopic (exact) mass is 410 g/mol. The number of hydrogen-bond donors (Lipinski definition) is 1. The summed E-state index contributed by atoms with van der Waals surface area (Å²) in [5.41, 5.74) is 3.04. The zero-order valence-electron chi connectivity index (χ0n) is 15.9. The van der Waals surface area contributed by atoms with Gasteiger partial charge in [0.15, 0.2) is 0 Å². The number of nitrogens with zero attached hydrogens (tertiary/aromatic N) is 3. The average Bonchev–Trinajstić information content (AvgIpc) is 3.11. The molecule has 0 aliphatic heterocycles. The molecule has 0 spiro atoms. The van der Waals surface area contributed by atoms with Gasteiger partial charge in [-0.2, -0.15) is 13.2 Å². The average molecular weight is 410 g/mol. The van der Waals surface area contributed by atoms with E-state index in [-0.39, 0.29) is 11.3 Å². The van der Waals surface area contributed by atoms with Gasteiger partial charge in [0.05, 0.1) is 17.6 Å². The molecule has 1 aromatic heterocycles. The third-order valence-electron chi connectivity index (χ3n) is 4.68. The first-order valence-corrected chi connectivity index (χ1v) is 9.17. The fraction of sp³-hybridized carbons (Fsp3) is 0.136. The molecule has 3 aromatic carbocycles. The number of amides is 1. The molecule has 0 saturated carbocycles. The Labute approximate surface area is 170 Å². The summed E-state index contributed by atoms with van der Waals surface area (Å²) in [5, 5.41) is 10.8. The predicted molar refractivity (Wildman–Crippen MR) is 107 cm³/mol. The zero-order valence-corrected chi connectivity index (χ0v) is 15.9. The van der Waals surface area contributed by atoms with E-state index in [1.807, 2.05) is 31.2 Å². The Morgan fingerprint density at radius 2 is 1.80 bits per heavy atom. The molecule has 1 heterocycles. The number of benzene rings is 3. The van der Waals surface area contributed by atoms with Gasteiger partial charge >= 0.3 is 6.18 Å². The van der Waals surface area contributed by atoms with Gasteiger partial charge in [-0.05, 0) is 48.9 Å². The van der Waals surface area contributed by atoms with E-state index >= 15 is 0 Å². The van der Waals surface area contributed by atoms with E-state index in [1.54, 1.807) is 22.9 Å². The van der Waals surface area contributed by atoms with Crippen molar-refractivity contribution in [1.82, 2.24) is 15.0 Å². The lowest BCUT2D eigenvalue weighted by Gasteiger charge is -2.10. The lowest BCUT2D eigenvalue weighted by Crippen LogP contribution is -2.13. The molecule has 0 fully saturated rings. The molecule has 0 atom stereocenters. The quantitative estimate of drug-likeness (QED) is 0.512. The van der Waals surface area contributed by atoms with Gasteiger partial charge in [0.2, 0.25) is 0 Å². The molecule has 152 valence electrons. The first kappa shape index (κ1) is 19.6. The standard InChI is InChI=1S/C22H17F3N4O/c1-14-5-7-15(8-6-14)13-29-20-10-9-16(11-19(20)27-28-29)21(30)26-18-4-2-3-17(12-18)22(23,24)25/h2-12H,13H2,1H3,(H,26,30). The molecule has 0 aliphatic rings. The minimum Gasteiger partial charge on any atom is -0.322 e. The number of aromatic nitrogens is 3. The van der Waals surface area contributed by atoms with E-state index in [4.69, 9.17) is 0 Å². The first-order valence-electron chi connectivity index (χ1n) is 9.17. The molecule has 0 saturated heterocycles. The first-order chi connectivity index (χ1) is 14.3. The van der Waals surface area contributed by atoms with Gasteiger partial charge in [0.25, 0.3) is 5.91 Å². The minimum absolute atomic E-state index is 0.0675. The van der Waals surface area contributed by atoms with Crippen molar-refractivity contribution in [2.24, 2.45) is 0 Å². The molecule has 0 unspecified atom stereocenters.